The van der Waals surface area contributed by atoms with Crippen molar-refractivity contribution < 1.29 is 4.74 Å². The number of hydrogen-bond donors (Lipinski definition) is 0. The van der Waals surface area contributed by atoms with Crippen molar-refractivity contribution in [2.75, 3.05) is 31.2 Å². The standard InChI is InChI=1S/C21H18ClN5O/c22-18-6-4-5-16(14-18)13-17(15-23)20-24-25-21(26-9-11-28-12-10-26)27(20)19-7-2-1-3-8-19/h1-8,13-14H,9-12H2/b17-13+. The summed E-state index contributed by atoms with van der Waals surface area (Å²) in [4.78, 5) is 2.13. The summed E-state index contributed by atoms with van der Waals surface area (Å²) >= 11 is 6.09. The lowest BCUT2D eigenvalue weighted by Crippen LogP contribution is -2.38. The first-order valence-electron chi connectivity index (χ1n) is 8.97. The molecule has 1 aliphatic rings. The van der Waals surface area contributed by atoms with Gasteiger partial charge in [0.1, 0.15) is 6.07 Å². The Bertz CT molecular complexity index is 1030. The second-order valence-corrected chi connectivity index (χ2v) is 6.76. The van der Waals surface area contributed by atoms with Crippen LogP contribution in [0.4, 0.5) is 5.95 Å². The third-order valence-electron chi connectivity index (χ3n) is 4.48. The smallest absolute Gasteiger partial charge is 0.232 e. The van der Waals surface area contributed by atoms with Crippen molar-refractivity contribution in [2.24, 2.45) is 0 Å². The first-order chi connectivity index (χ1) is 13.8. The zero-order chi connectivity index (χ0) is 19.3. The Kier molecular flexibility index (Phi) is 5.38. The number of nitrogens with zero attached hydrogens (tertiary/aromatic N) is 5. The van der Waals surface area contributed by atoms with Crippen molar-refractivity contribution >= 4 is 29.2 Å². The van der Waals surface area contributed by atoms with E-state index in [0.717, 1.165) is 24.3 Å². The molecule has 0 radical (unpaired) electrons. The van der Waals surface area contributed by atoms with Gasteiger partial charge in [0.05, 0.1) is 24.5 Å². The maximum atomic E-state index is 9.84. The molecule has 6 nitrogen and oxygen atoms in total. The van der Waals surface area contributed by atoms with E-state index < -0.39 is 0 Å². The highest BCUT2D eigenvalue weighted by Crippen LogP contribution is 2.26. The zero-order valence-electron chi connectivity index (χ0n) is 15.1. The van der Waals surface area contributed by atoms with E-state index >= 15 is 0 Å². The predicted octanol–water partition coefficient (Wildman–Crippen LogP) is 3.82. The zero-order valence-corrected chi connectivity index (χ0v) is 15.9. The molecule has 3 aromatic rings. The number of rotatable bonds is 4. The number of benzene rings is 2. The number of allylic oxidation sites excluding steroid dienone is 1. The molecule has 0 aliphatic carbocycles. The summed E-state index contributed by atoms with van der Waals surface area (Å²) < 4.78 is 7.38. The summed E-state index contributed by atoms with van der Waals surface area (Å²) in [6.45, 7) is 2.73. The van der Waals surface area contributed by atoms with E-state index in [1.165, 1.54) is 0 Å². The summed E-state index contributed by atoms with van der Waals surface area (Å²) in [6.07, 6.45) is 1.78. The molecule has 4 rings (SSSR count). The number of halogens is 1. The molecule has 2 aromatic carbocycles. The van der Waals surface area contributed by atoms with Crippen molar-refractivity contribution in [3.8, 4) is 11.8 Å². The lowest BCUT2D eigenvalue weighted by Gasteiger charge is -2.28. The van der Waals surface area contributed by atoms with Gasteiger partial charge in [-0.1, -0.05) is 41.9 Å². The number of para-hydroxylation sites is 1. The first kappa shape index (κ1) is 18.2. The first-order valence-corrected chi connectivity index (χ1v) is 9.35. The topological polar surface area (TPSA) is 67.0 Å². The number of anilines is 1. The van der Waals surface area contributed by atoms with Crippen LogP contribution in [-0.2, 0) is 4.74 Å². The van der Waals surface area contributed by atoms with Crippen molar-refractivity contribution in [1.82, 2.24) is 14.8 Å². The van der Waals surface area contributed by atoms with Gasteiger partial charge in [0.25, 0.3) is 0 Å². The van der Waals surface area contributed by atoms with Gasteiger partial charge in [-0.3, -0.25) is 4.57 Å². The summed E-state index contributed by atoms with van der Waals surface area (Å²) in [6, 6.07) is 19.4. The van der Waals surface area contributed by atoms with E-state index in [1.54, 1.807) is 12.1 Å². The van der Waals surface area contributed by atoms with E-state index in [0.29, 0.717) is 35.6 Å². The molecule has 0 amide bonds. The number of aromatic nitrogens is 3. The maximum absolute atomic E-state index is 9.84. The molecule has 0 N–H and O–H groups in total. The number of nitriles is 1. The van der Waals surface area contributed by atoms with Gasteiger partial charge < -0.3 is 9.64 Å². The fraction of sp³-hybridized carbons (Fsp3) is 0.190. The molecule has 0 unspecified atom stereocenters. The molecule has 0 saturated carbocycles. The fourth-order valence-corrected chi connectivity index (χ4v) is 3.34. The Morgan fingerprint density at radius 3 is 2.57 bits per heavy atom. The average molecular weight is 392 g/mol. The van der Waals surface area contributed by atoms with E-state index in [9.17, 15) is 5.26 Å². The molecule has 7 heteroatoms. The Hall–Kier alpha value is -3.14. The highest BCUT2D eigenvalue weighted by atomic mass is 35.5. The monoisotopic (exact) mass is 391 g/mol. The van der Waals surface area contributed by atoms with E-state index in [4.69, 9.17) is 16.3 Å². The lowest BCUT2D eigenvalue weighted by atomic mass is 10.1. The molecule has 140 valence electrons. The van der Waals surface area contributed by atoms with Crippen LogP contribution in [-0.4, -0.2) is 41.1 Å². The number of morpholine rings is 1. The molecule has 28 heavy (non-hydrogen) atoms. The van der Waals surface area contributed by atoms with Gasteiger partial charge in [-0.15, -0.1) is 10.2 Å². The molecule has 0 atom stereocenters. The summed E-state index contributed by atoms with van der Waals surface area (Å²) in [5.74, 6) is 1.20. The average Bonchev–Trinajstić information content (AvgIpc) is 3.18. The fourth-order valence-electron chi connectivity index (χ4n) is 3.14. The largest absolute Gasteiger partial charge is 0.378 e. The van der Waals surface area contributed by atoms with Gasteiger partial charge in [-0.2, -0.15) is 5.26 Å². The van der Waals surface area contributed by atoms with Crippen LogP contribution in [0.5, 0.6) is 0 Å². The Morgan fingerprint density at radius 2 is 1.86 bits per heavy atom. The van der Waals surface area contributed by atoms with Crippen LogP contribution in [0.15, 0.2) is 54.6 Å². The summed E-state index contributed by atoms with van der Waals surface area (Å²) in [5.41, 5.74) is 2.15. The summed E-state index contributed by atoms with van der Waals surface area (Å²) in [7, 11) is 0. The van der Waals surface area contributed by atoms with Crippen LogP contribution in [0.2, 0.25) is 5.02 Å². The minimum Gasteiger partial charge on any atom is -0.378 e. The van der Waals surface area contributed by atoms with Crippen LogP contribution in [0.1, 0.15) is 11.4 Å². The third-order valence-corrected chi connectivity index (χ3v) is 4.71. The maximum Gasteiger partial charge on any atom is 0.232 e. The van der Waals surface area contributed by atoms with Crippen molar-refractivity contribution in [3.05, 3.63) is 71.0 Å². The van der Waals surface area contributed by atoms with Crippen molar-refractivity contribution in [3.63, 3.8) is 0 Å². The third kappa shape index (κ3) is 3.77. The normalized spacial score (nSPS) is 14.7. The highest BCUT2D eigenvalue weighted by Gasteiger charge is 2.23. The van der Waals surface area contributed by atoms with Crippen LogP contribution in [0.25, 0.3) is 17.3 Å². The molecular weight excluding hydrogens is 374 g/mol. The van der Waals surface area contributed by atoms with Gasteiger partial charge >= 0.3 is 0 Å². The van der Waals surface area contributed by atoms with Gasteiger partial charge in [-0.25, -0.2) is 0 Å². The quantitative estimate of drug-likeness (QED) is 0.632. The second kappa shape index (κ2) is 8.26. The van der Waals surface area contributed by atoms with Crippen LogP contribution in [0, 0.1) is 11.3 Å². The lowest BCUT2D eigenvalue weighted by molar-refractivity contribution is 0.122. The highest BCUT2D eigenvalue weighted by molar-refractivity contribution is 6.30. The van der Waals surface area contributed by atoms with Crippen molar-refractivity contribution in [2.45, 2.75) is 0 Å². The minimum absolute atomic E-state index is 0.415. The molecule has 1 saturated heterocycles. The Balaban J connectivity index is 1.84. The minimum atomic E-state index is 0.415. The SMILES string of the molecule is N#C/C(=C\c1cccc(Cl)c1)c1nnc(N2CCOCC2)n1-c1ccccc1. The van der Waals surface area contributed by atoms with Gasteiger partial charge in [-0.05, 0) is 35.9 Å². The van der Waals surface area contributed by atoms with E-state index in [-0.39, 0.29) is 0 Å². The molecule has 0 spiro atoms. The van der Waals surface area contributed by atoms with Gasteiger partial charge in [0.2, 0.25) is 5.95 Å². The molecule has 2 heterocycles. The Labute approximate surface area is 168 Å². The molecule has 1 fully saturated rings. The Morgan fingerprint density at radius 1 is 1.07 bits per heavy atom. The van der Waals surface area contributed by atoms with Crippen molar-refractivity contribution in [1.29, 1.82) is 5.26 Å². The van der Waals surface area contributed by atoms with E-state index in [2.05, 4.69) is 21.2 Å². The van der Waals surface area contributed by atoms with Crippen LogP contribution < -0.4 is 4.90 Å². The molecular formula is C21H18ClN5O. The van der Waals surface area contributed by atoms with Gasteiger partial charge in [0.15, 0.2) is 5.82 Å². The number of ether oxygens (including phenoxy) is 1. The predicted molar refractivity (Wildman–Crippen MR) is 109 cm³/mol. The molecule has 0 bridgehead atoms. The van der Waals surface area contributed by atoms with Crippen LogP contribution >= 0.6 is 11.6 Å². The van der Waals surface area contributed by atoms with E-state index in [1.807, 2.05) is 53.1 Å². The molecule has 1 aliphatic heterocycles. The van der Waals surface area contributed by atoms with Crippen LogP contribution in [0.3, 0.4) is 0 Å². The number of hydrogen-bond acceptors (Lipinski definition) is 5. The second-order valence-electron chi connectivity index (χ2n) is 6.32. The molecule has 1 aromatic heterocycles. The summed E-state index contributed by atoms with van der Waals surface area (Å²) in [5, 5.41) is 19.2. The van der Waals surface area contributed by atoms with Gasteiger partial charge in [0, 0.05) is 18.1 Å².